The van der Waals surface area contributed by atoms with Gasteiger partial charge in [0.15, 0.2) is 17.5 Å². The highest BCUT2D eigenvalue weighted by Crippen LogP contribution is 2.45. The van der Waals surface area contributed by atoms with Crippen LogP contribution in [0, 0.1) is 5.92 Å². The number of nitrogens with zero attached hydrogens (tertiary/aromatic N) is 1. The number of benzene rings is 5. The van der Waals surface area contributed by atoms with Crippen LogP contribution in [-0.4, -0.2) is 54.9 Å². The number of amides is 1. The van der Waals surface area contributed by atoms with Gasteiger partial charge in [0.05, 0.1) is 0 Å². The highest BCUT2D eigenvalue weighted by atomic mass is 16.5. The number of ether oxygens (including phenoxy) is 2. The molecule has 0 aliphatic carbocycles. The highest BCUT2D eigenvalue weighted by Gasteiger charge is 2.24. The molecule has 5 aromatic carbocycles. The standard InChI is InChI=1S/C40H40N4O6/c1-2-21-49-35-18-16-26-9-3-5-14-32(26)37(35)38-33-15-6-4-10-27(33)17-19-36(38)50-25-31(46)23-29(12-8-20-43-40(41)42)39(48)44-30-13-7-11-28(22-30)34(47)24-45/h2-7,9-11,13-19,22,29,45H,1,8,12,20-21,23-25H2,(H,44,48)(H4,41,42,43)/t29-/m0/s1. The second-order valence-corrected chi connectivity index (χ2v) is 11.7. The highest BCUT2D eigenvalue weighted by molar-refractivity contribution is 6.10. The Kier molecular flexibility index (Phi) is 11.9. The molecule has 50 heavy (non-hydrogen) atoms. The van der Waals surface area contributed by atoms with Gasteiger partial charge < -0.3 is 31.4 Å². The minimum absolute atomic E-state index is 0.0590. The number of nitrogens with two attached hydrogens (primary N) is 2. The molecule has 0 fully saturated rings. The molecule has 5 aromatic rings. The monoisotopic (exact) mass is 672 g/mol. The number of anilines is 1. The Morgan fingerprint density at radius 1 is 0.840 bits per heavy atom. The Morgan fingerprint density at radius 3 is 2.10 bits per heavy atom. The van der Waals surface area contributed by atoms with Gasteiger partial charge in [-0.3, -0.25) is 19.4 Å². The zero-order valence-corrected chi connectivity index (χ0v) is 27.6. The zero-order valence-electron chi connectivity index (χ0n) is 27.6. The van der Waals surface area contributed by atoms with Crippen molar-refractivity contribution >= 4 is 50.7 Å². The van der Waals surface area contributed by atoms with E-state index in [1.54, 1.807) is 24.3 Å². The van der Waals surface area contributed by atoms with Gasteiger partial charge >= 0.3 is 0 Å². The maximum Gasteiger partial charge on any atom is 0.227 e. The van der Waals surface area contributed by atoms with Crippen molar-refractivity contribution in [1.82, 2.24) is 0 Å². The molecular weight excluding hydrogens is 632 g/mol. The molecule has 10 heteroatoms. The average molecular weight is 673 g/mol. The first-order valence-corrected chi connectivity index (χ1v) is 16.3. The molecule has 6 N–H and O–H groups in total. The maximum atomic E-state index is 13.6. The SMILES string of the molecule is C=CCOc1ccc2ccccc2c1-c1c(OCC(=O)C[C@H](CCCN=C(N)N)C(=O)Nc2cccc(C(=O)CO)c2)ccc2ccccc12. The van der Waals surface area contributed by atoms with E-state index in [2.05, 4.69) is 16.9 Å². The molecule has 0 unspecified atom stereocenters. The summed E-state index contributed by atoms with van der Waals surface area (Å²) in [5, 5.41) is 16.0. The Hall–Kier alpha value is -6.00. The zero-order chi connectivity index (χ0) is 35.5. The Balaban J connectivity index is 1.42. The second-order valence-electron chi connectivity index (χ2n) is 11.7. The molecule has 5 rings (SSSR count). The van der Waals surface area contributed by atoms with E-state index in [1.165, 1.54) is 6.07 Å². The summed E-state index contributed by atoms with van der Waals surface area (Å²) in [6.07, 6.45) is 2.36. The predicted octanol–water partition coefficient (Wildman–Crippen LogP) is 6.05. The largest absolute Gasteiger partial charge is 0.489 e. The molecule has 0 saturated heterocycles. The van der Waals surface area contributed by atoms with Crippen LogP contribution >= 0.6 is 0 Å². The fraction of sp³-hybridized carbons (Fsp3) is 0.200. The third kappa shape index (κ3) is 8.72. The fourth-order valence-electron chi connectivity index (χ4n) is 5.88. The van der Waals surface area contributed by atoms with Crippen LogP contribution in [0.2, 0.25) is 0 Å². The minimum Gasteiger partial charge on any atom is -0.489 e. The molecule has 0 aromatic heterocycles. The van der Waals surface area contributed by atoms with Crippen molar-refractivity contribution in [2.45, 2.75) is 19.3 Å². The third-order valence-corrected chi connectivity index (χ3v) is 8.22. The lowest BCUT2D eigenvalue weighted by atomic mass is 9.92. The normalized spacial score (nSPS) is 11.5. The van der Waals surface area contributed by atoms with E-state index in [9.17, 15) is 19.5 Å². The number of rotatable bonds is 17. The van der Waals surface area contributed by atoms with Crippen molar-refractivity contribution < 1.29 is 29.0 Å². The Labute approximate surface area is 290 Å². The van der Waals surface area contributed by atoms with E-state index in [0.29, 0.717) is 43.2 Å². The van der Waals surface area contributed by atoms with Crippen LogP contribution in [-0.2, 0) is 9.59 Å². The lowest BCUT2D eigenvalue weighted by Crippen LogP contribution is -2.27. The summed E-state index contributed by atoms with van der Waals surface area (Å²) in [6.45, 7) is 3.47. The van der Waals surface area contributed by atoms with E-state index in [4.69, 9.17) is 20.9 Å². The van der Waals surface area contributed by atoms with Gasteiger partial charge in [0.2, 0.25) is 5.91 Å². The molecule has 256 valence electrons. The topological polar surface area (TPSA) is 166 Å². The number of aliphatic hydroxyl groups is 1. The van der Waals surface area contributed by atoms with Crippen LogP contribution in [0.1, 0.15) is 29.6 Å². The van der Waals surface area contributed by atoms with Crippen LogP contribution in [0.5, 0.6) is 11.5 Å². The van der Waals surface area contributed by atoms with Crippen molar-refractivity contribution in [3.05, 3.63) is 115 Å². The lowest BCUT2D eigenvalue weighted by molar-refractivity contribution is -0.127. The molecular formula is C40H40N4O6. The van der Waals surface area contributed by atoms with Gasteiger partial charge in [0.1, 0.15) is 31.3 Å². The van der Waals surface area contributed by atoms with Gasteiger partial charge in [-0.1, -0.05) is 85.5 Å². The van der Waals surface area contributed by atoms with E-state index >= 15 is 0 Å². The number of guanidine groups is 1. The fourth-order valence-corrected chi connectivity index (χ4v) is 5.88. The predicted molar refractivity (Wildman–Crippen MR) is 198 cm³/mol. The third-order valence-electron chi connectivity index (χ3n) is 8.22. The van der Waals surface area contributed by atoms with Crippen molar-refractivity contribution in [2.75, 3.05) is 31.7 Å². The summed E-state index contributed by atoms with van der Waals surface area (Å²) < 4.78 is 12.5. The van der Waals surface area contributed by atoms with Crippen LogP contribution in [0.4, 0.5) is 5.69 Å². The summed E-state index contributed by atoms with van der Waals surface area (Å²) in [6, 6.07) is 30.0. The number of fused-ring (bicyclic) bond motifs is 2. The molecule has 0 aliphatic rings. The number of aliphatic imine (C=N–C) groups is 1. The van der Waals surface area contributed by atoms with Crippen LogP contribution < -0.4 is 26.3 Å². The number of carbonyl (C=O) groups is 3. The molecule has 0 spiro atoms. The number of ketones is 2. The first-order chi connectivity index (χ1) is 24.3. The Morgan fingerprint density at radius 2 is 1.48 bits per heavy atom. The van der Waals surface area contributed by atoms with Gasteiger partial charge in [0.25, 0.3) is 0 Å². The van der Waals surface area contributed by atoms with Crippen molar-refractivity contribution in [2.24, 2.45) is 22.4 Å². The van der Waals surface area contributed by atoms with Crippen LogP contribution in [0.3, 0.4) is 0 Å². The van der Waals surface area contributed by atoms with Gasteiger partial charge in [-0.15, -0.1) is 0 Å². The van der Waals surface area contributed by atoms with Gasteiger partial charge in [0, 0.05) is 41.3 Å². The summed E-state index contributed by atoms with van der Waals surface area (Å²) in [5.74, 6) is -0.798. The van der Waals surface area contributed by atoms with Crippen LogP contribution in [0.25, 0.3) is 32.7 Å². The maximum absolute atomic E-state index is 13.6. The van der Waals surface area contributed by atoms with Gasteiger partial charge in [-0.25, -0.2) is 0 Å². The van der Waals surface area contributed by atoms with E-state index in [-0.39, 0.29) is 30.3 Å². The van der Waals surface area contributed by atoms with Crippen LogP contribution in [0.15, 0.2) is 115 Å². The molecule has 0 heterocycles. The number of hydrogen-bond acceptors (Lipinski definition) is 7. The number of hydrogen-bond donors (Lipinski definition) is 4. The number of carbonyl (C=O) groups excluding carboxylic acids is 3. The van der Waals surface area contributed by atoms with E-state index in [1.807, 2.05) is 72.8 Å². The molecule has 0 aliphatic heterocycles. The number of aliphatic hydroxyl groups excluding tert-OH is 1. The number of nitrogens with one attached hydrogen (secondary N) is 1. The summed E-state index contributed by atoms with van der Waals surface area (Å²) >= 11 is 0. The molecule has 0 bridgehead atoms. The smallest absolute Gasteiger partial charge is 0.227 e. The summed E-state index contributed by atoms with van der Waals surface area (Å²) in [4.78, 5) is 43.0. The van der Waals surface area contributed by atoms with Gasteiger partial charge in [-0.2, -0.15) is 0 Å². The van der Waals surface area contributed by atoms with E-state index < -0.39 is 24.2 Å². The second kappa shape index (κ2) is 16.9. The van der Waals surface area contributed by atoms with E-state index in [0.717, 1.165) is 32.7 Å². The van der Waals surface area contributed by atoms with Crippen molar-refractivity contribution in [3.8, 4) is 22.6 Å². The van der Waals surface area contributed by atoms with Crippen molar-refractivity contribution in [3.63, 3.8) is 0 Å². The van der Waals surface area contributed by atoms with Crippen molar-refractivity contribution in [1.29, 1.82) is 0 Å². The minimum atomic E-state index is -0.731. The average Bonchev–Trinajstić information content (AvgIpc) is 3.13. The van der Waals surface area contributed by atoms with Gasteiger partial charge in [-0.05, 0) is 58.7 Å². The summed E-state index contributed by atoms with van der Waals surface area (Å²) in [7, 11) is 0. The molecule has 0 radical (unpaired) electrons. The first kappa shape index (κ1) is 35.3. The molecule has 1 atom stereocenters. The molecule has 0 saturated carbocycles. The number of Topliss-reactive ketones (excluding diaryl/α,β-unsaturated/α-hetero) is 2. The first-order valence-electron chi connectivity index (χ1n) is 16.3. The molecule has 10 nitrogen and oxygen atoms in total. The Bertz CT molecular complexity index is 2050. The summed E-state index contributed by atoms with van der Waals surface area (Å²) in [5.41, 5.74) is 13.2. The lowest BCUT2D eigenvalue weighted by Gasteiger charge is -2.20. The molecule has 1 amide bonds. The quantitative estimate of drug-likeness (QED) is 0.0305.